The van der Waals surface area contributed by atoms with Crippen LogP contribution >= 0.6 is 0 Å². The molecule has 0 saturated heterocycles. The summed E-state index contributed by atoms with van der Waals surface area (Å²) in [6.45, 7) is 1.93. The Morgan fingerprint density at radius 1 is 1.15 bits per heavy atom. The highest BCUT2D eigenvalue weighted by Crippen LogP contribution is 2.29. The molecule has 2 aromatic carbocycles. The molecule has 1 aromatic heterocycles. The Bertz CT molecular complexity index is 1240. The smallest absolute Gasteiger partial charge is 0.257 e. The number of aliphatic hydroxyl groups is 1. The molecular weight excluding hydrogens is 442 g/mol. The van der Waals surface area contributed by atoms with E-state index in [1.165, 1.54) is 0 Å². The molecule has 3 aromatic rings. The summed E-state index contributed by atoms with van der Waals surface area (Å²) in [7, 11) is 0. The molecule has 1 atom stereocenters. The van der Waals surface area contributed by atoms with Crippen molar-refractivity contribution in [2.24, 2.45) is 0 Å². The summed E-state index contributed by atoms with van der Waals surface area (Å²) in [5, 5.41) is 15.7. The Kier molecular flexibility index (Phi) is 6.56. The number of carbonyl (C=O) groups is 2. The van der Waals surface area contributed by atoms with Crippen molar-refractivity contribution in [2.75, 3.05) is 11.1 Å². The fraction of sp³-hybridized carbons (Fsp3) is 0.240. The maximum Gasteiger partial charge on any atom is 0.257 e. The number of nitrogen functional groups attached to an aromatic ring is 1. The first kappa shape index (κ1) is 23.3. The minimum Gasteiger partial charge on any atom is -0.383 e. The summed E-state index contributed by atoms with van der Waals surface area (Å²) in [6.07, 6.45) is 2.34. The number of carbonyl (C=O) groups excluding carboxylic acids is 2. The van der Waals surface area contributed by atoms with E-state index in [9.17, 15) is 23.5 Å². The Morgan fingerprint density at radius 3 is 2.50 bits per heavy atom. The highest BCUT2D eigenvalue weighted by atomic mass is 19.1. The number of anilines is 2. The SMILES string of the molecule is CCc1cc(NC(=O)C(O)c2cc(F)cc(F)c2)ccc1-c1cnc(N)c(C(=O)NC2CC2)c1. The minimum atomic E-state index is -1.75. The molecule has 7 nitrogen and oxygen atoms in total. The number of nitrogens with one attached hydrogen (secondary N) is 2. The molecule has 176 valence electrons. The first-order valence-corrected chi connectivity index (χ1v) is 10.9. The van der Waals surface area contributed by atoms with Gasteiger partial charge in [-0.1, -0.05) is 13.0 Å². The predicted octanol–water partition coefficient (Wildman–Crippen LogP) is 3.74. The van der Waals surface area contributed by atoms with Gasteiger partial charge in [0, 0.05) is 29.6 Å². The van der Waals surface area contributed by atoms with Crippen molar-refractivity contribution in [1.29, 1.82) is 0 Å². The summed E-state index contributed by atoms with van der Waals surface area (Å²) in [5.41, 5.74) is 8.78. The number of nitrogens with zero attached hydrogens (tertiary/aromatic N) is 1. The summed E-state index contributed by atoms with van der Waals surface area (Å²) in [4.78, 5) is 29.1. The van der Waals surface area contributed by atoms with Crippen molar-refractivity contribution < 1.29 is 23.5 Å². The van der Waals surface area contributed by atoms with E-state index in [4.69, 9.17) is 5.73 Å². The van der Waals surface area contributed by atoms with Gasteiger partial charge >= 0.3 is 0 Å². The van der Waals surface area contributed by atoms with Crippen LogP contribution < -0.4 is 16.4 Å². The molecule has 9 heteroatoms. The van der Waals surface area contributed by atoms with Crippen molar-refractivity contribution >= 4 is 23.3 Å². The Hall–Kier alpha value is -3.85. The fourth-order valence-electron chi connectivity index (χ4n) is 3.64. The van der Waals surface area contributed by atoms with E-state index in [1.807, 2.05) is 6.92 Å². The van der Waals surface area contributed by atoms with Gasteiger partial charge in [-0.3, -0.25) is 9.59 Å². The minimum absolute atomic E-state index is 0.145. The molecule has 5 N–H and O–H groups in total. The topological polar surface area (TPSA) is 117 Å². The van der Waals surface area contributed by atoms with Crippen LogP contribution in [0.25, 0.3) is 11.1 Å². The fourth-order valence-corrected chi connectivity index (χ4v) is 3.64. The van der Waals surface area contributed by atoms with Gasteiger partial charge in [0.05, 0.1) is 5.56 Å². The molecule has 0 bridgehead atoms. The number of benzene rings is 2. The van der Waals surface area contributed by atoms with Gasteiger partial charge in [-0.05, 0) is 66.3 Å². The maximum absolute atomic E-state index is 13.4. The highest BCUT2D eigenvalue weighted by molar-refractivity contribution is 6.00. The average molecular weight is 466 g/mol. The van der Waals surface area contributed by atoms with Gasteiger partial charge < -0.3 is 21.5 Å². The molecule has 1 aliphatic carbocycles. The third-order valence-corrected chi connectivity index (χ3v) is 5.59. The number of aliphatic hydroxyl groups excluding tert-OH is 1. The lowest BCUT2D eigenvalue weighted by molar-refractivity contribution is -0.124. The Labute approximate surface area is 195 Å². The van der Waals surface area contributed by atoms with Gasteiger partial charge in [0.1, 0.15) is 17.5 Å². The number of nitrogens with two attached hydrogens (primary N) is 1. The lowest BCUT2D eigenvalue weighted by Gasteiger charge is -2.15. The van der Waals surface area contributed by atoms with Crippen LogP contribution in [0.2, 0.25) is 0 Å². The van der Waals surface area contributed by atoms with Crippen molar-refractivity contribution in [3.8, 4) is 11.1 Å². The van der Waals surface area contributed by atoms with Crippen molar-refractivity contribution in [1.82, 2.24) is 10.3 Å². The van der Waals surface area contributed by atoms with Crippen LogP contribution in [0.3, 0.4) is 0 Å². The van der Waals surface area contributed by atoms with Gasteiger partial charge in [-0.25, -0.2) is 13.8 Å². The zero-order valence-corrected chi connectivity index (χ0v) is 18.4. The lowest BCUT2D eigenvalue weighted by atomic mass is 9.97. The second-order valence-corrected chi connectivity index (χ2v) is 8.22. The molecule has 4 rings (SSSR count). The Morgan fingerprint density at radius 2 is 1.85 bits per heavy atom. The van der Waals surface area contributed by atoms with E-state index in [1.54, 1.807) is 30.5 Å². The molecule has 2 amide bonds. The van der Waals surface area contributed by atoms with Crippen molar-refractivity contribution in [3.63, 3.8) is 0 Å². The maximum atomic E-state index is 13.4. The Balaban J connectivity index is 1.56. The summed E-state index contributed by atoms with van der Waals surface area (Å²) >= 11 is 0. The van der Waals surface area contributed by atoms with Gasteiger partial charge in [0.15, 0.2) is 6.10 Å². The van der Waals surface area contributed by atoms with Crippen LogP contribution in [0.15, 0.2) is 48.7 Å². The van der Waals surface area contributed by atoms with Crippen LogP contribution in [0, 0.1) is 11.6 Å². The van der Waals surface area contributed by atoms with Gasteiger partial charge in [0.25, 0.3) is 11.8 Å². The molecule has 34 heavy (non-hydrogen) atoms. The van der Waals surface area contributed by atoms with Gasteiger partial charge in [-0.2, -0.15) is 0 Å². The number of hydrogen-bond acceptors (Lipinski definition) is 5. The first-order valence-electron chi connectivity index (χ1n) is 10.9. The number of pyridine rings is 1. The lowest BCUT2D eigenvalue weighted by Crippen LogP contribution is -2.26. The summed E-state index contributed by atoms with van der Waals surface area (Å²) in [6, 6.07) is 9.46. The zero-order valence-electron chi connectivity index (χ0n) is 18.4. The summed E-state index contributed by atoms with van der Waals surface area (Å²) < 4.78 is 26.9. The van der Waals surface area contributed by atoms with E-state index in [2.05, 4.69) is 15.6 Å². The monoisotopic (exact) mass is 466 g/mol. The number of aromatic nitrogens is 1. The third kappa shape index (κ3) is 5.20. The van der Waals surface area contributed by atoms with Crippen molar-refractivity contribution in [2.45, 2.75) is 38.3 Å². The molecule has 0 spiro atoms. The van der Waals surface area contributed by atoms with E-state index in [0.29, 0.717) is 29.3 Å². The zero-order chi connectivity index (χ0) is 24.4. The number of hydrogen-bond donors (Lipinski definition) is 4. The normalized spacial score (nSPS) is 13.9. The van der Waals surface area contributed by atoms with Gasteiger partial charge in [0.2, 0.25) is 0 Å². The van der Waals surface area contributed by atoms with E-state index < -0.39 is 23.6 Å². The second kappa shape index (κ2) is 9.56. The largest absolute Gasteiger partial charge is 0.383 e. The standard InChI is InChI=1S/C25H24F2N4O3/c1-2-13-9-19(31-25(34)22(32)14-7-16(26)11-17(27)8-14)5-6-20(13)15-10-21(23(28)29-12-15)24(33)30-18-3-4-18/h5-12,18,22,32H,2-4H2,1H3,(H2,28,29)(H,30,33)(H,31,34). The number of rotatable bonds is 7. The molecule has 0 radical (unpaired) electrons. The first-order chi connectivity index (χ1) is 16.2. The summed E-state index contributed by atoms with van der Waals surface area (Å²) in [5.74, 6) is -2.72. The van der Waals surface area contributed by atoms with E-state index >= 15 is 0 Å². The molecule has 1 saturated carbocycles. The predicted molar refractivity (Wildman–Crippen MR) is 124 cm³/mol. The van der Waals surface area contributed by atoms with Crippen LogP contribution in [0.1, 0.15) is 47.4 Å². The van der Waals surface area contributed by atoms with Crippen LogP contribution in [0.4, 0.5) is 20.3 Å². The van der Waals surface area contributed by atoms with Gasteiger partial charge in [-0.15, -0.1) is 0 Å². The quantitative estimate of drug-likeness (QED) is 0.423. The van der Waals surface area contributed by atoms with Crippen molar-refractivity contribution in [3.05, 3.63) is 77.0 Å². The third-order valence-electron chi connectivity index (χ3n) is 5.59. The van der Waals surface area contributed by atoms with Crippen LogP contribution in [0.5, 0.6) is 0 Å². The molecule has 1 heterocycles. The molecule has 1 aliphatic rings. The molecule has 1 unspecified atom stereocenters. The van der Waals surface area contributed by atoms with E-state index in [0.717, 1.165) is 36.1 Å². The average Bonchev–Trinajstić information content (AvgIpc) is 3.62. The van der Waals surface area contributed by atoms with Crippen LogP contribution in [-0.4, -0.2) is 27.9 Å². The molecule has 1 fully saturated rings. The number of halogens is 2. The van der Waals surface area contributed by atoms with Crippen LogP contribution in [-0.2, 0) is 11.2 Å². The molecule has 0 aliphatic heterocycles. The second-order valence-electron chi connectivity index (χ2n) is 8.22. The number of aryl methyl sites for hydroxylation is 1. The number of amides is 2. The highest BCUT2D eigenvalue weighted by Gasteiger charge is 2.25. The molecular formula is C25H24F2N4O3. The van der Waals surface area contributed by atoms with E-state index in [-0.39, 0.29) is 23.3 Å².